The average molecular weight is 318 g/mol. The lowest BCUT2D eigenvalue weighted by molar-refractivity contribution is -0.121. The summed E-state index contributed by atoms with van der Waals surface area (Å²) < 4.78 is 0. The third-order valence-corrected chi connectivity index (χ3v) is 3.75. The summed E-state index contributed by atoms with van der Waals surface area (Å²) in [5.74, 6) is 0.165. The van der Waals surface area contributed by atoms with Crippen molar-refractivity contribution in [2.75, 3.05) is 13.1 Å². The monoisotopic (exact) mass is 318 g/mol. The van der Waals surface area contributed by atoms with E-state index in [9.17, 15) is 9.59 Å². The normalized spacial score (nSPS) is 10.3. The van der Waals surface area contributed by atoms with E-state index in [0.717, 1.165) is 51.5 Å². The third kappa shape index (κ3) is 9.72. The maximum Gasteiger partial charge on any atom is 0.251 e. The van der Waals surface area contributed by atoms with Gasteiger partial charge in [0.15, 0.2) is 0 Å². The van der Waals surface area contributed by atoms with Crippen LogP contribution in [0.3, 0.4) is 0 Å². The molecule has 0 aliphatic heterocycles. The summed E-state index contributed by atoms with van der Waals surface area (Å²) >= 11 is 0. The Bertz CT molecular complexity index is 446. The van der Waals surface area contributed by atoms with Gasteiger partial charge in [0.25, 0.3) is 5.91 Å². The van der Waals surface area contributed by atoms with Crippen LogP contribution < -0.4 is 10.6 Å². The highest BCUT2D eigenvalue weighted by molar-refractivity contribution is 5.94. The Kier molecular flexibility index (Phi) is 10.6. The number of rotatable bonds is 12. The molecule has 4 nitrogen and oxygen atoms in total. The molecule has 128 valence electrons. The van der Waals surface area contributed by atoms with Gasteiger partial charge in [-0.3, -0.25) is 9.59 Å². The van der Waals surface area contributed by atoms with E-state index in [2.05, 4.69) is 17.6 Å². The molecule has 0 saturated heterocycles. The first kappa shape index (κ1) is 19.2. The molecule has 4 heteroatoms. The summed E-state index contributed by atoms with van der Waals surface area (Å²) in [6.45, 7) is 3.61. The standard InChI is InChI=1S/C19H30N2O2/c1-2-3-7-14-18(22)20-15-10-4-5-11-16-21-19(23)17-12-8-6-9-13-17/h6,8-9,12-13H,2-5,7,10-11,14-16H2,1H3,(H,20,22)(H,21,23). The van der Waals surface area contributed by atoms with Crippen molar-refractivity contribution in [2.24, 2.45) is 0 Å². The summed E-state index contributed by atoms with van der Waals surface area (Å²) in [5, 5.41) is 5.89. The highest BCUT2D eigenvalue weighted by Gasteiger charge is 2.03. The van der Waals surface area contributed by atoms with Gasteiger partial charge >= 0.3 is 0 Å². The maximum atomic E-state index is 11.8. The number of carbonyl (C=O) groups is 2. The van der Waals surface area contributed by atoms with E-state index in [1.807, 2.05) is 30.3 Å². The zero-order chi connectivity index (χ0) is 16.8. The predicted octanol–water partition coefficient (Wildman–Crippen LogP) is 3.67. The van der Waals surface area contributed by atoms with E-state index in [1.54, 1.807) is 0 Å². The zero-order valence-electron chi connectivity index (χ0n) is 14.3. The first-order valence-electron chi connectivity index (χ1n) is 8.84. The van der Waals surface area contributed by atoms with Gasteiger partial charge in [-0.1, -0.05) is 50.8 Å². The molecule has 0 aromatic heterocycles. The molecule has 1 aromatic carbocycles. The summed E-state index contributed by atoms with van der Waals surface area (Å²) in [7, 11) is 0. The van der Waals surface area contributed by atoms with Crippen molar-refractivity contribution in [3.63, 3.8) is 0 Å². The predicted molar refractivity (Wildman–Crippen MR) is 94.4 cm³/mol. The van der Waals surface area contributed by atoms with E-state index in [4.69, 9.17) is 0 Å². The van der Waals surface area contributed by atoms with Crippen molar-refractivity contribution < 1.29 is 9.59 Å². The second-order valence-corrected chi connectivity index (χ2v) is 5.84. The van der Waals surface area contributed by atoms with Crippen LogP contribution in [-0.2, 0) is 4.79 Å². The van der Waals surface area contributed by atoms with Crippen molar-refractivity contribution in [3.8, 4) is 0 Å². The van der Waals surface area contributed by atoms with Crippen LogP contribution in [-0.4, -0.2) is 24.9 Å². The summed E-state index contributed by atoms with van der Waals surface area (Å²) in [5.41, 5.74) is 0.707. The first-order chi connectivity index (χ1) is 11.2. The fraction of sp³-hybridized carbons (Fsp3) is 0.579. The molecular weight excluding hydrogens is 288 g/mol. The van der Waals surface area contributed by atoms with Gasteiger partial charge in [-0.05, 0) is 31.4 Å². The van der Waals surface area contributed by atoms with Crippen LogP contribution in [0.4, 0.5) is 0 Å². The van der Waals surface area contributed by atoms with Crippen molar-refractivity contribution in [2.45, 2.75) is 58.3 Å². The van der Waals surface area contributed by atoms with Gasteiger partial charge in [0.05, 0.1) is 0 Å². The second-order valence-electron chi connectivity index (χ2n) is 5.84. The first-order valence-corrected chi connectivity index (χ1v) is 8.84. The van der Waals surface area contributed by atoms with Crippen molar-refractivity contribution in [1.82, 2.24) is 10.6 Å². The molecule has 0 fully saturated rings. The Morgan fingerprint density at radius 2 is 1.48 bits per heavy atom. The quantitative estimate of drug-likeness (QED) is 0.578. The Morgan fingerprint density at radius 3 is 2.13 bits per heavy atom. The van der Waals surface area contributed by atoms with Gasteiger partial charge in [-0.25, -0.2) is 0 Å². The van der Waals surface area contributed by atoms with Gasteiger partial charge in [0.2, 0.25) is 5.91 Å². The van der Waals surface area contributed by atoms with Crippen LogP contribution in [0, 0.1) is 0 Å². The number of amides is 2. The molecular formula is C19H30N2O2. The number of hydrogen-bond acceptors (Lipinski definition) is 2. The highest BCUT2D eigenvalue weighted by atomic mass is 16.2. The molecule has 0 bridgehead atoms. The molecule has 0 atom stereocenters. The van der Waals surface area contributed by atoms with E-state index < -0.39 is 0 Å². The lowest BCUT2D eigenvalue weighted by atomic mass is 10.1. The smallest absolute Gasteiger partial charge is 0.251 e. The zero-order valence-corrected chi connectivity index (χ0v) is 14.3. The SMILES string of the molecule is CCCCCC(=O)NCCCCCCNC(=O)c1ccccc1. The average Bonchev–Trinajstić information content (AvgIpc) is 2.58. The fourth-order valence-corrected chi connectivity index (χ4v) is 2.35. The molecule has 0 radical (unpaired) electrons. The number of unbranched alkanes of at least 4 members (excludes halogenated alkanes) is 5. The van der Waals surface area contributed by atoms with Crippen LogP contribution in [0.1, 0.15) is 68.6 Å². The maximum absolute atomic E-state index is 11.8. The molecule has 2 amide bonds. The molecule has 1 aromatic rings. The van der Waals surface area contributed by atoms with Crippen molar-refractivity contribution in [1.29, 1.82) is 0 Å². The van der Waals surface area contributed by atoms with Gasteiger partial charge in [-0.15, -0.1) is 0 Å². The molecule has 0 unspecified atom stereocenters. The largest absolute Gasteiger partial charge is 0.356 e. The molecule has 0 spiro atoms. The Hall–Kier alpha value is -1.84. The van der Waals surface area contributed by atoms with Gasteiger partial charge in [0, 0.05) is 25.1 Å². The van der Waals surface area contributed by atoms with E-state index in [1.165, 1.54) is 0 Å². The lowest BCUT2D eigenvalue weighted by Crippen LogP contribution is -2.25. The molecule has 0 aliphatic carbocycles. The Balaban J connectivity index is 1.92. The van der Waals surface area contributed by atoms with Crippen molar-refractivity contribution in [3.05, 3.63) is 35.9 Å². The van der Waals surface area contributed by atoms with Gasteiger partial charge < -0.3 is 10.6 Å². The fourth-order valence-electron chi connectivity index (χ4n) is 2.35. The summed E-state index contributed by atoms with van der Waals surface area (Å²) in [6, 6.07) is 9.27. The highest BCUT2D eigenvalue weighted by Crippen LogP contribution is 2.01. The molecule has 0 saturated carbocycles. The topological polar surface area (TPSA) is 58.2 Å². The lowest BCUT2D eigenvalue weighted by Gasteiger charge is -2.06. The number of benzene rings is 1. The number of hydrogen-bond donors (Lipinski definition) is 2. The van der Waals surface area contributed by atoms with Gasteiger partial charge in [0.1, 0.15) is 0 Å². The molecule has 0 aliphatic rings. The number of nitrogens with one attached hydrogen (secondary N) is 2. The van der Waals surface area contributed by atoms with Crippen LogP contribution in [0.2, 0.25) is 0 Å². The Morgan fingerprint density at radius 1 is 0.826 bits per heavy atom. The van der Waals surface area contributed by atoms with Crippen LogP contribution >= 0.6 is 0 Å². The van der Waals surface area contributed by atoms with Crippen LogP contribution in [0.15, 0.2) is 30.3 Å². The van der Waals surface area contributed by atoms with E-state index in [0.29, 0.717) is 18.5 Å². The number of carbonyl (C=O) groups excluding carboxylic acids is 2. The molecule has 0 heterocycles. The van der Waals surface area contributed by atoms with Crippen LogP contribution in [0.25, 0.3) is 0 Å². The minimum atomic E-state index is -0.00931. The minimum Gasteiger partial charge on any atom is -0.356 e. The van der Waals surface area contributed by atoms with E-state index in [-0.39, 0.29) is 11.8 Å². The van der Waals surface area contributed by atoms with Crippen LogP contribution in [0.5, 0.6) is 0 Å². The summed E-state index contributed by atoms with van der Waals surface area (Å²) in [6.07, 6.45) is 8.05. The molecule has 23 heavy (non-hydrogen) atoms. The second kappa shape index (κ2) is 12.7. The summed E-state index contributed by atoms with van der Waals surface area (Å²) in [4.78, 5) is 23.3. The van der Waals surface area contributed by atoms with Gasteiger partial charge in [-0.2, -0.15) is 0 Å². The minimum absolute atomic E-state index is 0.00931. The molecule has 1 rings (SSSR count). The Labute approximate surface area is 140 Å². The van der Waals surface area contributed by atoms with E-state index >= 15 is 0 Å². The molecule has 2 N–H and O–H groups in total. The van der Waals surface area contributed by atoms with Crippen molar-refractivity contribution >= 4 is 11.8 Å². The third-order valence-electron chi connectivity index (χ3n) is 3.75.